The molecule has 0 aliphatic heterocycles. The van der Waals surface area contributed by atoms with E-state index in [1.165, 1.54) is 6.07 Å². The fourth-order valence-electron chi connectivity index (χ4n) is 3.15. The Labute approximate surface area is 181 Å². The summed E-state index contributed by atoms with van der Waals surface area (Å²) in [7, 11) is 0. The maximum atomic E-state index is 12.6. The summed E-state index contributed by atoms with van der Waals surface area (Å²) in [5, 5.41) is 5.51. The Bertz CT molecular complexity index is 1120. The molecule has 6 nitrogen and oxygen atoms in total. The smallest absolute Gasteiger partial charge is 0.340 e. The number of benzene rings is 3. The van der Waals surface area contributed by atoms with Crippen molar-refractivity contribution in [2.45, 2.75) is 20.8 Å². The van der Waals surface area contributed by atoms with E-state index in [0.717, 1.165) is 16.7 Å². The van der Waals surface area contributed by atoms with Crippen molar-refractivity contribution in [1.29, 1.82) is 0 Å². The highest BCUT2D eigenvalue weighted by Gasteiger charge is 2.17. The first-order chi connectivity index (χ1) is 14.8. The van der Waals surface area contributed by atoms with Crippen molar-refractivity contribution in [2.24, 2.45) is 0 Å². The SMILES string of the molecule is Cc1cccc(C(=O)Nc2ccccc2C(=O)OCC(=O)Nc2c(C)cccc2C)c1. The predicted molar refractivity (Wildman–Crippen MR) is 120 cm³/mol. The van der Waals surface area contributed by atoms with Crippen LogP contribution in [0.2, 0.25) is 0 Å². The van der Waals surface area contributed by atoms with Gasteiger partial charge in [-0.3, -0.25) is 9.59 Å². The van der Waals surface area contributed by atoms with Gasteiger partial charge in [0.2, 0.25) is 0 Å². The maximum absolute atomic E-state index is 12.6. The quantitative estimate of drug-likeness (QED) is 0.573. The lowest BCUT2D eigenvalue weighted by Crippen LogP contribution is -2.22. The predicted octanol–water partition coefficient (Wildman–Crippen LogP) is 4.66. The van der Waals surface area contributed by atoms with Gasteiger partial charge in [-0.25, -0.2) is 4.79 Å². The van der Waals surface area contributed by atoms with Crippen LogP contribution in [0.3, 0.4) is 0 Å². The minimum atomic E-state index is -0.697. The van der Waals surface area contributed by atoms with Gasteiger partial charge >= 0.3 is 5.97 Å². The second-order valence-electron chi connectivity index (χ2n) is 7.26. The van der Waals surface area contributed by atoms with Crippen LogP contribution >= 0.6 is 0 Å². The van der Waals surface area contributed by atoms with E-state index in [2.05, 4.69) is 10.6 Å². The maximum Gasteiger partial charge on any atom is 0.340 e. The number of hydrogen-bond donors (Lipinski definition) is 2. The first-order valence-electron chi connectivity index (χ1n) is 9.85. The van der Waals surface area contributed by atoms with E-state index in [-0.39, 0.29) is 11.5 Å². The first-order valence-corrected chi connectivity index (χ1v) is 9.85. The molecule has 0 unspecified atom stereocenters. The van der Waals surface area contributed by atoms with Gasteiger partial charge in [0.15, 0.2) is 6.61 Å². The van der Waals surface area contributed by atoms with E-state index in [9.17, 15) is 14.4 Å². The van der Waals surface area contributed by atoms with Crippen molar-refractivity contribution in [1.82, 2.24) is 0 Å². The average Bonchev–Trinajstić information content (AvgIpc) is 2.75. The summed E-state index contributed by atoms with van der Waals surface area (Å²) in [6.07, 6.45) is 0. The second-order valence-corrected chi connectivity index (χ2v) is 7.26. The number of carbonyl (C=O) groups excluding carboxylic acids is 3. The van der Waals surface area contributed by atoms with Crippen molar-refractivity contribution in [2.75, 3.05) is 17.2 Å². The van der Waals surface area contributed by atoms with E-state index in [4.69, 9.17) is 4.74 Å². The van der Waals surface area contributed by atoms with Crippen molar-refractivity contribution in [3.63, 3.8) is 0 Å². The highest BCUT2D eigenvalue weighted by Crippen LogP contribution is 2.20. The van der Waals surface area contributed by atoms with Gasteiger partial charge in [0, 0.05) is 11.3 Å². The summed E-state index contributed by atoms with van der Waals surface area (Å²) in [6.45, 7) is 5.24. The lowest BCUT2D eigenvalue weighted by molar-refractivity contribution is -0.119. The van der Waals surface area contributed by atoms with Gasteiger partial charge in [0.05, 0.1) is 11.3 Å². The van der Waals surface area contributed by atoms with Crippen LogP contribution in [0.5, 0.6) is 0 Å². The van der Waals surface area contributed by atoms with Crippen LogP contribution in [0.15, 0.2) is 66.7 Å². The molecule has 3 aromatic rings. The minimum absolute atomic E-state index is 0.170. The number of para-hydroxylation sites is 2. The number of anilines is 2. The number of amides is 2. The highest BCUT2D eigenvalue weighted by atomic mass is 16.5. The third-order valence-corrected chi connectivity index (χ3v) is 4.76. The van der Waals surface area contributed by atoms with Gasteiger partial charge in [-0.05, 0) is 56.2 Å². The molecule has 0 bridgehead atoms. The largest absolute Gasteiger partial charge is 0.452 e. The molecule has 2 amide bonds. The summed E-state index contributed by atoms with van der Waals surface area (Å²) in [5.74, 6) is -1.47. The van der Waals surface area contributed by atoms with Gasteiger partial charge < -0.3 is 15.4 Å². The van der Waals surface area contributed by atoms with E-state index in [0.29, 0.717) is 16.9 Å². The van der Waals surface area contributed by atoms with Gasteiger partial charge in [-0.15, -0.1) is 0 Å². The zero-order chi connectivity index (χ0) is 22.4. The summed E-state index contributed by atoms with van der Waals surface area (Å²) in [4.78, 5) is 37.4. The molecule has 0 fully saturated rings. The number of hydrogen-bond acceptors (Lipinski definition) is 4. The lowest BCUT2D eigenvalue weighted by atomic mass is 10.1. The van der Waals surface area contributed by atoms with Gasteiger partial charge in [-0.1, -0.05) is 48.0 Å². The number of aryl methyl sites for hydroxylation is 3. The Balaban J connectivity index is 1.66. The van der Waals surface area contributed by atoms with Gasteiger partial charge in [-0.2, -0.15) is 0 Å². The van der Waals surface area contributed by atoms with Crippen LogP contribution in [0.1, 0.15) is 37.4 Å². The highest BCUT2D eigenvalue weighted by molar-refractivity contribution is 6.08. The standard InChI is InChI=1S/C25H24N2O4/c1-16-8-6-11-19(14-16)24(29)26-21-13-5-4-12-20(21)25(30)31-15-22(28)27-23-17(2)9-7-10-18(23)3/h4-14H,15H2,1-3H3,(H,26,29)(H,27,28). The van der Waals surface area contributed by atoms with Crippen LogP contribution in [-0.2, 0) is 9.53 Å². The second kappa shape index (κ2) is 9.71. The van der Waals surface area contributed by atoms with Gasteiger partial charge in [0.25, 0.3) is 11.8 Å². The van der Waals surface area contributed by atoms with Crippen molar-refractivity contribution in [3.05, 3.63) is 94.5 Å². The van der Waals surface area contributed by atoms with Gasteiger partial charge in [0.1, 0.15) is 0 Å². The summed E-state index contributed by atoms with van der Waals surface area (Å²) in [5.41, 5.74) is 4.46. The van der Waals surface area contributed by atoms with Crippen LogP contribution in [0.25, 0.3) is 0 Å². The molecule has 0 aliphatic rings. The topological polar surface area (TPSA) is 84.5 Å². The monoisotopic (exact) mass is 416 g/mol. The number of nitrogens with one attached hydrogen (secondary N) is 2. The van der Waals surface area contributed by atoms with Crippen molar-refractivity contribution < 1.29 is 19.1 Å². The Morgan fingerprint density at radius 2 is 1.48 bits per heavy atom. The molecule has 0 spiro atoms. The molecule has 0 aromatic heterocycles. The zero-order valence-electron chi connectivity index (χ0n) is 17.7. The third-order valence-electron chi connectivity index (χ3n) is 4.76. The minimum Gasteiger partial charge on any atom is -0.452 e. The number of rotatable bonds is 6. The molecule has 0 atom stereocenters. The number of ether oxygens (including phenoxy) is 1. The molecule has 0 saturated heterocycles. The summed E-state index contributed by atoms with van der Waals surface area (Å²) in [6, 6.07) is 19.3. The molecule has 158 valence electrons. The van der Waals surface area contributed by atoms with Crippen molar-refractivity contribution >= 4 is 29.2 Å². The molecule has 2 N–H and O–H groups in total. The van der Waals surface area contributed by atoms with Crippen LogP contribution in [-0.4, -0.2) is 24.4 Å². The normalized spacial score (nSPS) is 10.3. The molecule has 0 aliphatic carbocycles. The summed E-state index contributed by atoms with van der Waals surface area (Å²) < 4.78 is 5.19. The fourth-order valence-corrected chi connectivity index (χ4v) is 3.15. The van der Waals surface area contributed by atoms with Crippen LogP contribution < -0.4 is 10.6 Å². The average molecular weight is 416 g/mol. The zero-order valence-corrected chi connectivity index (χ0v) is 17.7. The molecule has 3 aromatic carbocycles. The Morgan fingerprint density at radius 1 is 0.806 bits per heavy atom. The number of carbonyl (C=O) groups is 3. The Morgan fingerprint density at radius 3 is 2.19 bits per heavy atom. The summed E-state index contributed by atoms with van der Waals surface area (Å²) >= 11 is 0. The van der Waals surface area contributed by atoms with Crippen LogP contribution in [0.4, 0.5) is 11.4 Å². The lowest BCUT2D eigenvalue weighted by Gasteiger charge is -2.13. The molecular formula is C25H24N2O4. The molecule has 0 radical (unpaired) electrons. The molecule has 31 heavy (non-hydrogen) atoms. The molecule has 0 saturated carbocycles. The molecule has 0 heterocycles. The van der Waals surface area contributed by atoms with E-state index in [1.54, 1.807) is 36.4 Å². The number of esters is 1. The first kappa shape index (κ1) is 21.8. The Kier molecular flexibility index (Phi) is 6.82. The van der Waals surface area contributed by atoms with E-state index < -0.39 is 18.5 Å². The fraction of sp³-hybridized carbons (Fsp3) is 0.160. The third kappa shape index (κ3) is 5.57. The van der Waals surface area contributed by atoms with E-state index in [1.807, 2.05) is 45.0 Å². The van der Waals surface area contributed by atoms with Crippen LogP contribution in [0, 0.1) is 20.8 Å². The molecule has 6 heteroatoms. The van der Waals surface area contributed by atoms with E-state index >= 15 is 0 Å². The molecule has 3 rings (SSSR count). The Hall–Kier alpha value is -3.93. The van der Waals surface area contributed by atoms with Crippen molar-refractivity contribution in [3.8, 4) is 0 Å². The molecular weight excluding hydrogens is 392 g/mol.